The van der Waals surface area contributed by atoms with Gasteiger partial charge in [0.05, 0.1) is 0 Å². The molecule has 1 saturated carbocycles. The van der Waals surface area contributed by atoms with E-state index in [4.69, 9.17) is 0 Å². The van der Waals surface area contributed by atoms with Gasteiger partial charge in [-0.25, -0.2) is 0 Å². The van der Waals surface area contributed by atoms with Crippen molar-refractivity contribution in [3.8, 4) is 0 Å². The van der Waals surface area contributed by atoms with Gasteiger partial charge in [0.25, 0.3) is 0 Å². The van der Waals surface area contributed by atoms with Crippen molar-refractivity contribution < 1.29 is 5.11 Å². The SMILES string of the molecule is Cc1ccc(C(O)c2ccc(C3CCC3)cc2)cc1. The fourth-order valence-corrected chi connectivity index (χ4v) is 2.63. The molecule has 0 heterocycles. The number of hydrogen-bond acceptors (Lipinski definition) is 1. The zero-order valence-electron chi connectivity index (χ0n) is 11.3. The third-order valence-electron chi connectivity index (χ3n) is 4.22. The molecule has 1 heteroatoms. The van der Waals surface area contributed by atoms with E-state index in [1.807, 2.05) is 24.3 Å². The highest BCUT2D eigenvalue weighted by Crippen LogP contribution is 2.36. The highest BCUT2D eigenvalue weighted by molar-refractivity contribution is 5.34. The van der Waals surface area contributed by atoms with Crippen LogP contribution in [0.5, 0.6) is 0 Å². The summed E-state index contributed by atoms with van der Waals surface area (Å²) >= 11 is 0. The topological polar surface area (TPSA) is 20.2 Å². The molecule has 1 aliphatic carbocycles. The Bertz CT molecular complexity index is 535. The largest absolute Gasteiger partial charge is 0.384 e. The molecule has 19 heavy (non-hydrogen) atoms. The summed E-state index contributed by atoms with van der Waals surface area (Å²) in [5, 5.41) is 10.4. The second-order valence-corrected chi connectivity index (χ2v) is 5.61. The van der Waals surface area contributed by atoms with Gasteiger partial charge in [-0.2, -0.15) is 0 Å². The molecule has 1 nitrogen and oxygen atoms in total. The van der Waals surface area contributed by atoms with Crippen molar-refractivity contribution in [1.82, 2.24) is 0 Å². The third kappa shape index (κ3) is 2.57. The second-order valence-electron chi connectivity index (χ2n) is 5.61. The molecule has 0 saturated heterocycles. The van der Waals surface area contributed by atoms with E-state index in [-0.39, 0.29) is 0 Å². The first-order valence-corrected chi connectivity index (χ1v) is 7.08. The van der Waals surface area contributed by atoms with Crippen molar-refractivity contribution in [3.05, 3.63) is 70.8 Å². The molecule has 1 aliphatic rings. The molecule has 98 valence electrons. The van der Waals surface area contributed by atoms with Gasteiger partial charge >= 0.3 is 0 Å². The van der Waals surface area contributed by atoms with Crippen LogP contribution in [0.25, 0.3) is 0 Å². The van der Waals surface area contributed by atoms with Crippen molar-refractivity contribution in [3.63, 3.8) is 0 Å². The lowest BCUT2D eigenvalue weighted by molar-refractivity contribution is 0.220. The Morgan fingerprint density at radius 3 is 1.89 bits per heavy atom. The van der Waals surface area contributed by atoms with Gasteiger partial charge in [0.2, 0.25) is 0 Å². The predicted molar refractivity (Wildman–Crippen MR) is 78.3 cm³/mol. The van der Waals surface area contributed by atoms with Crippen LogP contribution >= 0.6 is 0 Å². The van der Waals surface area contributed by atoms with E-state index in [1.165, 1.54) is 30.4 Å². The van der Waals surface area contributed by atoms with Crippen LogP contribution in [0.4, 0.5) is 0 Å². The lowest BCUT2D eigenvalue weighted by Crippen LogP contribution is -2.09. The molecule has 0 bridgehead atoms. The summed E-state index contributed by atoms with van der Waals surface area (Å²) < 4.78 is 0. The number of rotatable bonds is 3. The summed E-state index contributed by atoms with van der Waals surface area (Å²) in [6, 6.07) is 16.6. The van der Waals surface area contributed by atoms with Crippen LogP contribution in [-0.2, 0) is 0 Å². The number of hydrogen-bond donors (Lipinski definition) is 1. The molecule has 3 rings (SSSR count). The third-order valence-corrected chi connectivity index (χ3v) is 4.22. The monoisotopic (exact) mass is 252 g/mol. The summed E-state index contributed by atoms with van der Waals surface area (Å²) in [6.45, 7) is 2.06. The molecule has 1 fully saturated rings. The van der Waals surface area contributed by atoms with Gasteiger partial charge in [0.15, 0.2) is 0 Å². The van der Waals surface area contributed by atoms with Crippen LogP contribution in [0.15, 0.2) is 48.5 Å². The van der Waals surface area contributed by atoms with Crippen molar-refractivity contribution in [2.75, 3.05) is 0 Å². The second kappa shape index (κ2) is 5.18. The first-order chi connectivity index (χ1) is 9.24. The molecular weight excluding hydrogens is 232 g/mol. The Morgan fingerprint density at radius 1 is 0.895 bits per heavy atom. The molecule has 1 unspecified atom stereocenters. The Hall–Kier alpha value is -1.60. The molecule has 0 spiro atoms. The number of aryl methyl sites for hydroxylation is 1. The first kappa shape index (κ1) is 12.4. The van der Waals surface area contributed by atoms with E-state index < -0.39 is 6.10 Å². The summed E-state index contributed by atoms with van der Waals surface area (Å²) in [6.07, 6.45) is 3.48. The lowest BCUT2D eigenvalue weighted by Gasteiger charge is -2.26. The Labute approximate surface area is 114 Å². The van der Waals surface area contributed by atoms with Gasteiger partial charge in [-0.1, -0.05) is 60.5 Å². The van der Waals surface area contributed by atoms with Crippen molar-refractivity contribution in [1.29, 1.82) is 0 Å². The molecule has 0 aromatic heterocycles. The highest BCUT2D eigenvalue weighted by Gasteiger charge is 2.19. The highest BCUT2D eigenvalue weighted by atomic mass is 16.3. The summed E-state index contributed by atoms with van der Waals surface area (Å²) in [7, 11) is 0. The average Bonchev–Trinajstić information content (AvgIpc) is 2.38. The van der Waals surface area contributed by atoms with E-state index in [9.17, 15) is 5.11 Å². The molecule has 1 N–H and O–H groups in total. The minimum atomic E-state index is -0.518. The van der Waals surface area contributed by atoms with E-state index in [0.29, 0.717) is 0 Å². The Balaban J connectivity index is 1.79. The van der Waals surface area contributed by atoms with Crippen LogP contribution in [0.2, 0.25) is 0 Å². The van der Waals surface area contributed by atoms with Crippen LogP contribution in [0.3, 0.4) is 0 Å². The van der Waals surface area contributed by atoms with Crippen LogP contribution < -0.4 is 0 Å². The van der Waals surface area contributed by atoms with Crippen LogP contribution in [-0.4, -0.2) is 5.11 Å². The minimum absolute atomic E-state index is 0.518. The molecule has 2 aromatic carbocycles. The zero-order chi connectivity index (χ0) is 13.2. The van der Waals surface area contributed by atoms with Gasteiger partial charge in [-0.15, -0.1) is 0 Å². The summed E-state index contributed by atoms with van der Waals surface area (Å²) in [5.74, 6) is 0.755. The van der Waals surface area contributed by atoms with Gasteiger partial charge in [-0.3, -0.25) is 0 Å². The fraction of sp³-hybridized carbons (Fsp3) is 0.333. The van der Waals surface area contributed by atoms with Crippen molar-refractivity contribution in [2.24, 2.45) is 0 Å². The maximum absolute atomic E-state index is 10.4. The summed E-state index contributed by atoms with van der Waals surface area (Å²) in [4.78, 5) is 0. The van der Waals surface area contributed by atoms with Gasteiger partial charge < -0.3 is 5.11 Å². The number of benzene rings is 2. The molecule has 1 atom stereocenters. The first-order valence-electron chi connectivity index (χ1n) is 7.08. The predicted octanol–water partition coefficient (Wildman–Crippen LogP) is 4.34. The standard InChI is InChI=1S/C18H20O/c1-13-5-7-16(8-6-13)18(19)17-11-9-15(10-12-17)14-3-2-4-14/h5-12,14,18-19H,2-4H2,1H3. The van der Waals surface area contributed by atoms with Crippen molar-refractivity contribution in [2.45, 2.75) is 38.2 Å². The van der Waals surface area contributed by atoms with Crippen LogP contribution in [0.1, 0.15) is 53.5 Å². The normalized spacial score (nSPS) is 16.9. The smallest absolute Gasteiger partial charge is 0.104 e. The lowest BCUT2D eigenvalue weighted by atomic mass is 9.80. The van der Waals surface area contributed by atoms with Gasteiger partial charge in [-0.05, 0) is 42.4 Å². The van der Waals surface area contributed by atoms with Gasteiger partial charge in [0.1, 0.15) is 6.10 Å². The average molecular weight is 252 g/mol. The number of aliphatic hydroxyl groups is 1. The maximum atomic E-state index is 10.4. The van der Waals surface area contributed by atoms with Gasteiger partial charge in [0, 0.05) is 0 Å². The Morgan fingerprint density at radius 2 is 1.42 bits per heavy atom. The minimum Gasteiger partial charge on any atom is -0.384 e. The van der Waals surface area contributed by atoms with E-state index in [2.05, 4.69) is 31.2 Å². The van der Waals surface area contributed by atoms with E-state index in [1.54, 1.807) is 0 Å². The maximum Gasteiger partial charge on any atom is 0.104 e. The quantitative estimate of drug-likeness (QED) is 0.861. The zero-order valence-corrected chi connectivity index (χ0v) is 11.3. The number of aliphatic hydroxyl groups excluding tert-OH is 1. The molecule has 0 amide bonds. The Kier molecular flexibility index (Phi) is 3.39. The molecule has 0 radical (unpaired) electrons. The van der Waals surface area contributed by atoms with Crippen LogP contribution in [0, 0.1) is 6.92 Å². The fourth-order valence-electron chi connectivity index (χ4n) is 2.63. The van der Waals surface area contributed by atoms with Crippen molar-refractivity contribution >= 4 is 0 Å². The molecule has 2 aromatic rings. The van der Waals surface area contributed by atoms with E-state index >= 15 is 0 Å². The summed E-state index contributed by atoms with van der Waals surface area (Å²) in [5.41, 5.74) is 4.58. The molecule has 0 aliphatic heterocycles. The molecular formula is C18H20O. The van der Waals surface area contributed by atoms with E-state index in [0.717, 1.165) is 17.0 Å².